The van der Waals surface area contributed by atoms with Gasteiger partial charge in [-0.2, -0.15) is 4.28 Å². The maximum Gasteiger partial charge on any atom is 0.297 e. The van der Waals surface area contributed by atoms with Crippen molar-refractivity contribution in [3.8, 4) is 0 Å². The maximum absolute atomic E-state index is 13.4. The summed E-state index contributed by atoms with van der Waals surface area (Å²) >= 11 is 1.21. The molecule has 1 unspecified atom stereocenters. The summed E-state index contributed by atoms with van der Waals surface area (Å²) in [4.78, 5) is 31.1. The van der Waals surface area contributed by atoms with Crippen LogP contribution in [0.15, 0.2) is 73.6 Å². The van der Waals surface area contributed by atoms with Crippen molar-refractivity contribution in [2.45, 2.75) is 38.0 Å². The first-order valence-electron chi connectivity index (χ1n) is 11.8. The first-order valence-corrected chi connectivity index (χ1v) is 12.7. The summed E-state index contributed by atoms with van der Waals surface area (Å²) in [6.07, 6.45) is 5.09. The molecule has 0 aliphatic carbocycles. The number of aromatic nitrogens is 1. The summed E-state index contributed by atoms with van der Waals surface area (Å²) in [5.41, 5.74) is 4.84. The first kappa shape index (κ1) is 25.6. The van der Waals surface area contributed by atoms with E-state index in [1.54, 1.807) is 24.5 Å². The Balaban J connectivity index is 1.59. The third-order valence-corrected chi connectivity index (χ3v) is 6.88. The molecule has 36 heavy (non-hydrogen) atoms. The molecular weight excluding hydrogens is 477 g/mol. The molecule has 186 valence electrons. The number of carbonyl (C=O) groups excluding carboxylic acids is 2. The zero-order valence-electron chi connectivity index (χ0n) is 20.1. The Morgan fingerprint density at radius 2 is 1.94 bits per heavy atom. The molecular formula is C28H28FN3O3S. The summed E-state index contributed by atoms with van der Waals surface area (Å²) in [5.74, 6) is -0.112. The molecule has 1 aliphatic rings. The van der Waals surface area contributed by atoms with E-state index in [1.807, 2.05) is 42.2 Å². The lowest BCUT2D eigenvalue weighted by Crippen LogP contribution is -2.38. The first-order chi connectivity index (χ1) is 17.5. The molecule has 6 nitrogen and oxygen atoms in total. The fourth-order valence-electron chi connectivity index (χ4n) is 4.30. The van der Waals surface area contributed by atoms with Crippen LogP contribution in [0.25, 0.3) is 0 Å². The molecule has 0 spiro atoms. The second-order valence-electron chi connectivity index (χ2n) is 8.60. The van der Waals surface area contributed by atoms with E-state index >= 15 is 0 Å². The Hall–Kier alpha value is -3.49. The van der Waals surface area contributed by atoms with E-state index in [1.165, 1.54) is 29.2 Å². The predicted molar refractivity (Wildman–Crippen MR) is 140 cm³/mol. The van der Waals surface area contributed by atoms with Gasteiger partial charge in [0.05, 0.1) is 18.4 Å². The fraction of sp³-hybridized carbons (Fsp3) is 0.250. The summed E-state index contributed by atoms with van der Waals surface area (Å²) in [6, 6.07) is 16.2. The molecule has 1 aliphatic heterocycles. The average molecular weight is 506 g/mol. The normalized spacial score (nSPS) is 13.7. The van der Waals surface area contributed by atoms with Gasteiger partial charge in [-0.25, -0.2) is 14.4 Å². The Morgan fingerprint density at radius 3 is 2.64 bits per heavy atom. The number of carbonyl (C=O) groups is 2. The molecule has 0 bridgehead atoms. The third kappa shape index (κ3) is 5.83. The standard InChI is InChI=1S/C28H28FN3O3S/c1-3-31(18-21-9-11-23(29)12-10-21)25-17-30-27-24(26(25)20(2)14-16-33)13-15-32(28(27)34)35-36-19-22-7-5-4-6-8-22/h3-12,16-17,20H,1,13-15,18-19H2,2H3. The lowest BCUT2D eigenvalue weighted by atomic mass is 9.88. The van der Waals surface area contributed by atoms with Gasteiger partial charge < -0.3 is 9.69 Å². The zero-order valence-corrected chi connectivity index (χ0v) is 20.9. The molecule has 0 radical (unpaired) electrons. The second-order valence-corrected chi connectivity index (χ2v) is 9.28. The van der Waals surface area contributed by atoms with Crippen molar-refractivity contribution in [1.29, 1.82) is 0 Å². The quantitative estimate of drug-likeness (QED) is 0.241. The van der Waals surface area contributed by atoms with Gasteiger partial charge in [-0.15, -0.1) is 0 Å². The van der Waals surface area contributed by atoms with Gasteiger partial charge in [0, 0.05) is 30.8 Å². The molecule has 0 saturated carbocycles. The van der Waals surface area contributed by atoms with Crippen LogP contribution in [-0.2, 0) is 27.8 Å². The van der Waals surface area contributed by atoms with Crippen LogP contribution in [0.3, 0.4) is 0 Å². The van der Waals surface area contributed by atoms with Crippen molar-refractivity contribution < 1.29 is 18.3 Å². The Kier molecular flexibility index (Phi) is 8.51. The number of nitrogens with zero attached hydrogens (tertiary/aromatic N) is 3. The largest absolute Gasteiger partial charge is 0.343 e. The number of aldehydes is 1. The van der Waals surface area contributed by atoms with Crippen LogP contribution >= 0.6 is 12.0 Å². The summed E-state index contributed by atoms with van der Waals surface area (Å²) in [7, 11) is 0. The molecule has 1 atom stereocenters. The van der Waals surface area contributed by atoms with Crippen LogP contribution in [0, 0.1) is 5.82 Å². The van der Waals surface area contributed by atoms with Crippen LogP contribution in [0.5, 0.6) is 0 Å². The predicted octanol–water partition coefficient (Wildman–Crippen LogP) is 5.84. The van der Waals surface area contributed by atoms with Gasteiger partial charge >= 0.3 is 0 Å². The van der Waals surface area contributed by atoms with Gasteiger partial charge in [-0.1, -0.05) is 56.0 Å². The van der Waals surface area contributed by atoms with Gasteiger partial charge in [0.1, 0.15) is 17.8 Å². The molecule has 1 amide bonds. The molecule has 0 fully saturated rings. The van der Waals surface area contributed by atoms with E-state index in [4.69, 9.17) is 4.28 Å². The van der Waals surface area contributed by atoms with Crippen molar-refractivity contribution in [2.75, 3.05) is 11.4 Å². The van der Waals surface area contributed by atoms with E-state index in [2.05, 4.69) is 11.6 Å². The summed E-state index contributed by atoms with van der Waals surface area (Å²) in [6.45, 7) is 6.75. The highest BCUT2D eigenvalue weighted by molar-refractivity contribution is 7.93. The van der Waals surface area contributed by atoms with E-state index < -0.39 is 0 Å². The van der Waals surface area contributed by atoms with Gasteiger partial charge in [0.15, 0.2) is 0 Å². The third-order valence-electron chi connectivity index (χ3n) is 6.15. The number of hydrogen-bond acceptors (Lipinski definition) is 6. The lowest BCUT2D eigenvalue weighted by Gasteiger charge is -2.32. The monoisotopic (exact) mass is 505 g/mol. The average Bonchev–Trinajstić information content (AvgIpc) is 2.90. The van der Waals surface area contributed by atoms with Crippen LogP contribution in [0.1, 0.15) is 52.0 Å². The molecule has 2 heterocycles. The maximum atomic E-state index is 13.4. The zero-order chi connectivity index (χ0) is 25.5. The number of anilines is 1. The van der Waals surface area contributed by atoms with Crippen LogP contribution in [-0.4, -0.2) is 28.8 Å². The van der Waals surface area contributed by atoms with Crippen LogP contribution in [0.2, 0.25) is 0 Å². The number of fused-ring (bicyclic) bond motifs is 1. The number of rotatable bonds is 11. The Labute approximate surface area is 214 Å². The van der Waals surface area contributed by atoms with Crippen molar-refractivity contribution in [2.24, 2.45) is 0 Å². The number of hydrogen-bond donors (Lipinski definition) is 0. The number of hydroxylamine groups is 2. The molecule has 0 saturated heterocycles. The highest BCUT2D eigenvalue weighted by atomic mass is 32.2. The van der Waals surface area contributed by atoms with E-state index in [9.17, 15) is 14.0 Å². The van der Waals surface area contributed by atoms with Gasteiger partial charge in [0.2, 0.25) is 0 Å². The second kappa shape index (κ2) is 12.0. The van der Waals surface area contributed by atoms with Crippen molar-refractivity contribution in [3.05, 3.63) is 107 Å². The molecule has 3 aromatic rings. The van der Waals surface area contributed by atoms with Gasteiger partial charge in [0.25, 0.3) is 5.91 Å². The summed E-state index contributed by atoms with van der Waals surface area (Å²) in [5, 5.41) is 1.35. The van der Waals surface area contributed by atoms with E-state index in [-0.39, 0.29) is 17.6 Å². The minimum absolute atomic E-state index is 0.127. The molecule has 8 heteroatoms. The Morgan fingerprint density at radius 1 is 1.19 bits per heavy atom. The number of benzene rings is 2. The highest BCUT2D eigenvalue weighted by Gasteiger charge is 2.32. The van der Waals surface area contributed by atoms with Crippen LogP contribution < -0.4 is 4.90 Å². The Bertz CT molecular complexity index is 1220. The van der Waals surface area contributed by atoms with Crippen molar-refractivity contribution in [1.82, 2.24) is 10.0 Å². The van der Waals surface area contributed by atoms with Crippen LogP contribution in [0.4, 0.5) is 10.1 Å². The summed E-state index contributed by atoms with van der Waals surface area (Å²) < 4.78 is 19.1. The minimum Gasteiger partial charge on any atom is -0.343 e. The van der Waals surface area contributed by atoms with Crippen molar-refractivity contribution >= 4 is 29.9 Å². The molecule has 1 aromatic heterocycles. The topological polar surface area (TPSA) is 62.7 Å². The molecule has 0 N–H and O–H groups in total. The molecule has 4 rings (SSSR count). The van der Waals surface area contributed by atoms with Gasteiger partial charge in [-0.3, -0.25) is 4.79 Å². The number of pyridine rings is 1. The van der Waals surface area contributed by atoms with Gasteiger partial charge in [-0.05, 0) is 52.9 Å². The van der Waals surface area contributed by atoms with E-state index in [0.29, 0.717) is 37.4 Å². The minimum atomic E-state index is -0.299. The lowest BCUT2D eigenvalue weighted by molar-refractivity contribution is -0.108. The SMILES string of the molecule is C=CN(Cc1ccc(F)cc1)c1cnc2c(c1C(C)CC=O)CCN(OSCc1ccccc1)C2=O. The number of halogens is 1. The number of amides is 1. The fourth-order valence-corrected chi connectivity index (χ4v) is 4.96. The van der Waals surface area contributed by atoms with Crippen molar-refractivity contribution in [3.63, 3.8) is 0 Å². The smallest absolute Gasteiger partial charge is 0.297 e. The van der Waals surface area contributed by atoms with E-state index in [0.717, 1.165) is 34.2 Å². The molecule has 2 aromatic carbocycles. The highest BCUT2D eigenvalue weighted by Crippen LogP contribution is 2.37.